The normalized spacial score (nSPS) is 17.6. The first-order valence-corrected chi connectivity index (χ1v) is 10.0. The van der Waals surface area contributed by atoms with Crippen molar-refractivity contribution >= 4 is 41.3 Å². The highest BCUT2D eigenvalue weighted by molar-refractivity contribution is 14.0. The Morgan fingerprint density at radius 1 is 1.33 bits per heavy atom. The van der Waals surface area contributed by atoms with E-state index in [-0.39, 0.29) is 30.1 Å². The zero-order valence-electron chi connectivity index (χ0n) is 16.5. The number of aliphatic imine (C=N–C) groups is 1. The third-order valence-corrected chi connectivity index (χ3v) is 5.73. The molecular formula is C20H29IN4OS. The second-order valence-electron chi connectivity index (χ2n) is 6.58. The number of morpholine rings is 1. The van der Waals surface area contributed by atoms with Crippen LogP contribution >= 0.6 is 35.3 Å². The SMILES string of the molecule is CCNC(=NCc1nc(C)c(C)s1)N1CCOC(c2ccccc2C)C1.I. The summed E-state index contributed by atoms with van der Waals surface area (Å²) in [6.45, 7) is 12.3. The number of halogens is 1. The van der Waals surface area contributed by atoms with Crippen molar-refractivity contribution in [2.75, 3.05) is 26.2 Å². The second-order valence-corrected chi connectivity index (χ2v) is 7.87. The summed E-state index contributed by atoms with van der Waals surface area (Å²) >= 11 is 1.73. The smallest absolute Gasteiger partial charge is 0.194 e. The number of benzene rings is 1. The van der Waals surface area contributed by atoms with Crippen LogP contribution in [-0.2, 0) is 11.3 Å². The number of thiazole rings is 1. The quantitative estimate of drug-likeness (QED) is 0.388. The van der Waals surface area contributed by atoms with Gasteiger partial charge in [-0.3, -0.25) is 0 Å². The summed E-state index contributed by atoms with van der Waals surface area (Å²) in [5, 5.41) is 4.50. The fourth-order valence-corrected chi connectivity index (χ4v) is 4.01. The highest BCUT2D eigenvalue weighted by Gasteiger charge is 2.25. The molecule has 0 spiro atoms. The van der Waals surface area contributed by atoms with Crippen molar-refractivity contribution in [3.8, 4) is 0 Å². The van der Waals surface area contributed by atoms with Crippen LogP contribution in [-0.4, -0.2) is 42.1 Å². The van der Waals surface area contributed by atoms with Gasteiger partial charge in [0.25, 0.3) is 0 Å². The van der Waals surface area contributed by atoms with E-state index in [2.05, 4.69) is 67.2 Å². The van der Waals surface area contributed by atoms with E-state index in [0.29, 0.717) is 13.2 Å². The molecule has 0 saturated carbocycles. The summed E-state index contributed by atoms with van der Waals surface area (Å²) in [6, 6.07) is 8.46. The van der Waals surface area contributed by atoms with Crippen LogP contribution < -0.4 is 5.32 Å². The summed E-state index contributed by atoms with van der Waals surface area (Å²) in [7, 11) is 0. The molecule has 1 aliphatic rings. The van der Waals surface area contributed by atoms with Gasteiger partial charge < -0.3 is 15.0 Å². The molecule has 5 nitrogen and oxygen atoms in total. The molecule has 7 heteroatoms. The number of rotatable bonds is 4. The van der Waals surface area contributed by atoms with Crippen molar-refractivity contribution in [1.29, 1.82) is 0 Å². The van der Waals surface area contributed by atoms with Crippen LogP contribution in [0.2, 0.25) is 0 Å². The lowest BCUT2D eigenvalue weighted by molar-refractivity contribution is -0.00834. The molecule has 2 aromatic rings. The number of guanidine groups is 1. The van der Waals surface area contributed by atoms with Crippen molar-refractivity contribution in [3.63, 3.8) is 0 Å². The Morgan fingerprint density at radius 2 is 2.11 bits per heavy atom. The molecule has 1 N–H and O–H groups in total. The first kappa shape index (κ1) is 22.1. The maximum atomic E-state index is 6.05. The third-order valence-electron chi connectivity index (χ3n) is 4.67. The Balaban J connectivity index is 0.00000261. The lowest BCUT2D eigenvalue weighted by atomic mass is 10.0. The Hall–Kier alpha value is -1.19. The standard InChI is InChI=1S/C20H28N4OS.HI/c1-5-21-20(22-12-19-23-15(3)16(4)26-19)24-10-11-25-18(13-24)17-9-7-6-8-14(17)2;/h6-9,18H,5,10-13H2,1-4H3,(H,21,22);1H. The molecule has 27 heavy (non-hydrogen) atoms. The predicted molar refractivity (Wildman–Crippen MR) is 123 cm³/mol. The Bertz CT molecular complexity index is 758. The van der Waals surface area contributed by atoms with Gasteiger partial charge in [0.15, 0.2) is 5.96 Å². The number of hydrogen-bond acceptors (Lipinski definition) is 4. The van der Waals surface area contributed by atoms with Gasteiger partial charge in [-0.05, 0) is 38.8 Å². The minimum atomic E-state index is 0. The van der Waals surface area contributed by atoms with Gasteiger partial charge in [0.05, 0.1) is 25.4 Å². The number of ether oxygens (including phenoxy) is 1. The van der Waals surface area contributed by atoms with E-state index in [0.717, 1.165) is 36.3 Å². The van der Waals surface area contributed by atoms with Crippen LogP contribution in [0.5, 0.6) is 0 Å². The van der Waals surface area contributed by atoms with Gasteiger partial charge in [-0.15, -0.1) is 35.3 Å². The molecule has 1 atom stereocenters. The topological polar surface area (TPSA) is 49.8 Å². The summed E-state index contributed by atoms with van der Waals surface area (Å²) in [4.78, 5) is 13.0. The van der Waals surface area contributed by atoms with Crippen molar-refractivity contribution in [2.45, 2.75) is 40.3 Å². The van der Waals surface area contributed by atoms with E-state index in [1.54, 1.807) is 11.3 Å². The fourth-order valence-electron chi connectivity index (χ4n) is 3.15. The van der Waals surface area contributed by atoms with Gasteiger partial charge in [-0.2, -0.15) is 0 Å². The third kappa shape index (κ3) is 5.65. The number of nitrogens with one attached hydrogen (secondary N) is 1. The van der Waals surface area contributed by atoms with Crippen LogP contribution in [0, 0.1) is 20.8 Å². The summed E-state index contributed by atoms with van der Waals surface area (Å²) < 4.78 is 6.05. The molecule has 1 fully saturated rings. The van der Waals surface area contributed by atoms with E-state index in [1.807, 2.05) is 0 Å². The monoisotopic (exact) mass is 500 g/mol. The van der Waals surface area contributed by atoms with E-state index in [9.17, 15) is 0 Å². The van der Waals surface area contributed by atoms with E-state index in [4.69, 9.17) is 9.73 Å². The maximum Gasteiger partial charge on any atom is 0.194 e. The van der Waals surface area contributed by atoms with Crippen molar-refractivity contribution in [3.05, 3.63) is 51.0 Å². The highest BCUT2D eigenvalue weighted by Crippen LogP contribution is 2.25. The molecule has 3 rings (SSSR count). The Labute approximate surface area is 183 Å². The van der Waals surface area contributed by atoms with Gasteiger partial charge >= 0.3 is 0 Å². The molecule has 2 heterocycles. The Morgan fingerprint density at radius 3 is 2.78 bits per heavy atom. The van der Waals surface area contributed by atoms with Crippen molar-refractivity contribution < 1.29 is 4.74 Å². The molecule has 1 aromatic carbocycles. The second kappa shape index (κ2) is 10.4. The van der Waals surface area contributed by atoms with Crippen LogP contribution in [0.15, 0.2) is 29.3 Å². The summed E-state index contributed by atoms with van der Waals surface area (Å²) in [5.74, 6) is 0.944. The zero-order valence-corrected chi connectivity index (χ0v) is 19.6. The predicted octanol–water partition coefficient (Wildman–Crippen LogP) is 4.23. The molecule has 1 aliphatic heterocycles. The number of aromatic nitrogens is 1. The highest BCUT2D eigenvalue weighted by atomic mass is 127. The average molecular weight is 500 g/mol. The lowest BCUT2D eigenvalue weighted by Gasteiger charge is -2.35. The van der Waals surface area contributed by atoms with Crippen LogP contribution in [0.4, 0.5) is 0 Å². The van der Waals surface area contributed by atoms with Gasteiger partial charge in [-0.1, -0.05) is 24.3 Å². The first-order valence-electron chi connectivity index (χ1n) is 9.21. The van der Waals surface area contributed by atoms with Crippen molar-refractivity contribution in [2.24, 2.45) is 4.99 Å². The van der Waals surface area contributed by atoms with Gasteiger partial charge in [0, 0.05) is 18.0 Å². The lowest BCUT2D eigenvalue weighted by Crippen LogP contribution is -2.48. The van der Waals surface area contributed by atoms with Crippen molar-refractivity contribution in [1.82, 2.24) is 15.2 Å². The van der Waals surface area contributed by atoms with Crippen LogP contribution in [0.3, 0.4) is 0 Å². The maximum absolute atomic E-state index is 6.05. The minimum Gasteiger partial charge on any atom is -0.370 e. The number of aryl methyl sites for hydroxylation is 3. The van der Waals surface area contributed by atoms with Gasteiger partial charge in [0.2, 0.25) is 0 Å². The van der Waals surface area contributed by atoms with Crippen LogP contribution in [0.25, 0.3) is 0 Å². The molecular weight excluding hydrogens is 471 g/mol. The van der Waals surface area contributed by atoms with E-state index in [1.165, 1.54) is 16.0 Å². The molecule has 0 aliphatic carbocycles. The van der Waals surface area contributed by atoms with Crippen LogP contribution in [0.1, 0.15) is 39.7 Å². The largest absolute Gasteiger partial charge is 0.370 e. The zero-order chi connectivity index (χ0) is 18.5. The van der Waals surface area contributed by atoms with Gasteiger partial charge in [0.1, 0.15) is 11.1 Å². The molecule has 1 saturated heterocycles. The van der Waals surface area contributed by atoms with E-state index < -0.39 is 0 Å². The molecule has 0 bridgehead atoms. The first-order chi connectivity index (χ1) is 12.6. The fraction of sp³-hybridized carbons (Fsp3) is 0.500. The molecule has 1 aromatic heterocycles. The molecule has 148 valence electrons. The number of hydrogen-bond donors (Lipinski definition) is 1. The molecule has 0 radical (unpaired) electrons. The summed E-state index contributed by atoms with van der Waals surface area (Å²) in [5.41, 5.74) is 3.64. The molecule has 1 unspecified atom stereocenters. The summed E-state index contributed by atoms with van der Waals surface area (Å²) in [6.07, 6.45) is 0.0816. The minimum absolute atomic E-state index is 0. The van der Waals surface area contributed by atoms with Gasteiger partial charge in [-0.25, -0.2) is 9.98 Å². The average Bonchev–Trinajstić information content (AvgIpc) is 2.97. The Kier molecular flexibility index (Phi) is 8.50. The van der Waals surface area contributed by atoms with E-state index >= 15 is 0 Å². The number of nitrogens with zero attached hydrogens (tertiary/aromatic N) is 3. The molecule has 0 amide bonds.